The maximum absolute atomic E-state index is 10.6. The van der Waals surface area contributed by atoms with Crippen molar-refractivity contribution in [3.63, 3.8) is 0 Å². The summed E-state index contributed by atoms with van der Waals surface area (Å²) in [5.74, 6) is -0.928. The predicted octanol–water partition coefficient (Wildman–Crippen LogP) is 2.96. The van der Waals surface area contributed by atoms with E-state index < -0.39 is 14.8 Å². The molecule has 20 heavy (non-hydrogen) atoms. The van der Waals surface area contributed by atoms with E-state index >= 15 is 0 Å². The van der Waals surface area contributed by atoms with Crippen LogP contribution in [0.3, 0.4) is 0 Å². The molecule has 0 aromatic carbocycles. The minimum atomic E-state index is -2.57. The van der Waals surface area contributed by atoms with Crippen molar-refractivity contribution < 1.29 is 23.2 Å². The lowest BCUT2D eigenvalue weighted by Gasteiger charge is -2.28. The van der Waals surface area contributed by atoms with Gasteiger partial charge in [-0.2, -0.15) is 13.5 Å². The molecule has 5 nitrogen and oxygen atoms in total. The quantitative estimate of drug-likeness (QED) is 0.340. The third kappa shape index (κ3) is 8.75. The van der Waals surface area contributed by atoms with Crippen LogP contribution in [0.1, 0.15) is 40.0 Å². The fourth-order valence-corrected chi connectivity index (χ4v) is 4.47. The molecule has 0 unspecified atom stereocenters. The first-order valence-electron chi connectivity index (χ1n) is 6.84. The molecule has 0 spiro atoms. The van der Waals surface area contributed by atoms with Crippen LogP contribution in [0.2, 0.25) is 6.04 Å². The van der Waals surface area contributed by atoms with Gasteiger partial charge in [0.15, 0.2) is 0 Å². The second-order valence-corrected chi connectivity index (χ2v) is 6.83. The number of carboxylic acids is 1. The van der Waals surface area contributed by atoms with E-state index in [1.54, 1.807) is 0 Å². The van der Waals surface area contributed by atoms with E-state index in [4.69, 9.17) is 18.4 Å². The lowest BCUT2D eigenvalue weighted by molar-refractivity contribution is -0.132. The van der Waals surface area contributed by atoms with E-state index in [1.807, 2.05) is 20.8 Å². The Balaban J connectivity index is 0. The highest BCUT2D eigenvalue weighted by molar-refractivity contribution is 7.59. The Bertz CT molecular complexity index is 269. The molecular weight excluding hydrogens is 296 g/mol. The number of hydrogen-bond donors (Lipinski definition) is 1. The largest absolute Gasteiger partial charge is 0.500 e. The summed E-state index contributed by atoms with van der Waals surface area (Å²) in [7, 11) is -2.57. The fourth-order valence-electron chi connectivity index (χ4n) is 1.79. The van der Waals surface area contributed by atoms with Crippen molar-refractivity contribution in [2.45, 2.75) is 46.1 Å². The highest BCUT2D eigenvalue weighted by Gasteiger charge is 2.39. The molecule has 0 aliphatic carbocycles. The molecule has 0 aromatic heterocycles. The summed E-state index contributed by atoms with van der Waals surface area (Å²) in [6, 6.07) is 0.718. The molecule has 0 rings (SSSR count). The minimum Gasteiger partial charge on any atom is -0.478 e. The third-order valence-electron chi connectivity index (χ3n) is 2.61. The van der Waals surface area contributed by atoms with Gasteiger partial charge >= 0.3 is 14.8 Å². The van der Waals surface area contributed by atoms with Crippen LogP contribution in [0.25, 0.3) is 0 Å². The van der Waals surface area contributed by atoms with Gasteiger partial charge in [-0.25, -0.2) is 4.79 Å². The molecule has 0 saturated heterocycles. The molecule has 0 radical (unpaired) electrons. The van der Waals surface area contributed by atoms with Crippen molar-refractivity contribution in [1.29, 1.82) is 0 Å². The molecule has 0 amide bonds. The minimum absolute atomic E-state index is 0. The van der Waals surface area contributed by atoms with E-state index in [-0.39, 0.29) is 19.1 Å². The number of unbranched alkanes of at least 4 members (excludes halogenated alkanes) is 1. The highest BCUT2D eigenvalue weighted by atomic mass is 32.1. The molecule has 0 aliphatic rings. The summed E-state index contributed by atoms with van der Waals surface area (Å²) in [5.41, 5.74) is 0.247. The van der Waals surface area contributed by atoms with Crippen LogP contribution in [0.5, 0.6) is 0 Å². The van der Waals surface area contributed by atoms with Crippen LogP contribution in [0, 0.1) is 0 Å². The van der Waals surface area contributed by atoms with Crippen molar-refractivity contribution in [3.8, 4) is 0 Å². The van der Waals surface area contributed by atoms with E-state index in [9.17, 15) is 4.79 Å². The van der Waals surface area contributed by atoms with Gasteiger partial charge in [-0.1, -0.05) is 6.58 Å². The Kier molecular flexibility index (Phi) is 13.6. The molecule has 0 bridgehead atoms. The molecule has 7 heteroatoms. The standard InChI is InChI=1S/C13H26O5Si.H2S/c1-5-16-19(17-6-2,18-7-3)11-9-8-10-12(4)13(14)15;/h4-11H2,1-3H3,(H,14,15);1H2. The molecule has 0 aliphatic heterocycles. The maximum atomic E-state index is 10.6. The van der Waals surface area contributed by atoms with Gasteiger partial charge in [-0.15, -0.1) is 0 Å². The zero-order valence-electron chi connectivity index (χ0n) is 12.7. The van der Waals surface area contributed by atoms with Gasteiger partial charge in [0.25, 0.3) is 0 Å². The Morgan fingerprint density at radius 1 is 1.05 bits per heavy atom. The number of carbonyl (C=O) groups is 1. The monoisotopic (exact) mass is 324 g/mol. The Hall–Kier alpha value is -0.343. The van der Waals surface area contributed by atoms with Gasteiger partial charge in [0, 0.05) is 31.4 Å². The number of rotatable bonds is 12. The third-order valence-corrected chi connectivity index (χ3v) is 5.76. The molecule has 0 saturated carbocycles. The predicted molar refractivity (Wildman–Crippen MR) is 86.4 cm³/mol. The first-order valence-corrected chi connectivity index (χ1v) is 8.77. The lowest BCUT2D eigenvalue weighted by Crippen LogP contribution is -2.45. The smallest absolute Gasteiger partial charge is 0.478 e. The second kappa shape index (κ2) is 12.4. The van der Waals surface area contributed by atoms with Crippen molar-refractivity contribution in [2.24, 2.45) is 0 Å². The van der Waals surface area contributed by atoms with Crippen molar-refractivity contribution in [1.82, 2.24) is 0 Å². The van der Waals surface area contributed by atoms with Crippen LogP contribution >= 0.6 is 13.5 Å². The van der Waals surface area contributed by atoms with E-state index in [0.717, 1.165) is 18.9 Å². The van der Waals surface area contributed by atoms with Gasteiger partial charge in [0.05, 0.1) is 0 Å². The van der Waals surface area contributed by atoms with E-state index in [1.165, 1.54) is 0 Å². The normalized spacial score (nSPS) is 10.9. The van der Waals surface area contributed by atoms with Crippen LogP contribution < -0.4 is 0 Å². The number of carboxylic acid groups (broad SMARTS) is 1. The molecule has 0 aromatic rings. The Morgan fingerprint density at radius 3 is 1.85 bits per heavy atom. The van der Waals surface area contributed by atoms with Crippen molar-refractivity contribution in [3.05, 3.63) is 12.2 Å². The van der Waals surface area contributed by atoms with Gasteiger partial charge in [0.1, 0.15) is 0 Å². The average Bonchev–Trinajstić information content (AvgIpc) is 2.35. The summed E-state index contributed by atoms with van der Waals surface area (Å²) in [4.78, 5) is 10.6. The van der Waals surface area contributed by atoms with Crippen molar-refractivity contribution >= 4 is 28.3 Å². The Morgan fingerprint density at radius 2 is 1.50 bits per heavy atom. The fraction of sp³-hybridized carbons (Fsp3) is 0.769. The molecule has 1 N–H and O–H groups in total. The summed E-state index contributed by atoms with van der Waals surface area (Å²) < 4.78 is 17.2. The van der Waals surface area contributed by atoms with Crippen LogP contribution in [0.4, 0.5) is 0 Å². The maximum Gasteiger partial charge on any atom is 0.500 e. The van der Waals surface area contributed by atoms with E-state index in [2.05, 4.69) is 6.58 Å². The van der Waals surface area contributed by atoms with Gasteiger partial charge < -0.3 is 18.4 Å². The molecule has 0 heterocycles. The zero-order chi connectivity index (χ0) is 14.7. The zero-order valence-corrected chi connectivity index (χ0v) is 14.7. The molecule has 0 fully saturated rings. The van der Waals surface area contributed by atoms with Gasteiger partial charge in [0.2, 0.25) is 0 Å². The summed E-state index contributed by atoms with van der Waals surface area (Å²) in [6.45, 7) is 11.0. The second-order valence-electron chi connectivity index (χ2n) is 4.10. The summed E-state index contributed by atoms with van der Waals surface area (Å²) >= 11 is 0. The SMILES string of the molecule is C=C(CCCC[Si](OCC)(OCC)OCC)C(=O)O.S. The van der Waals surface area contributed by atoms with Crippen LogP contribution in [-0.2, 0) is 18.1 Å². The number of aliphatic carboxylic acids is 1. The molecule has 0 atom stereocenters. The van der Waals surface area contributed by atoms with Gasteiger partial charge in [-0.05, 0) is 40.0 Å². The summed E-state index contributed by atoms with van der Waals surface area (Å²) in [5, 5.41) is 8.73. The average molecular weight is 325 g/mol. The topological polar surface area (TPSA) is 65.0 Å². The first kappa shape index (κ1) is 21.9. The van der Waals surface area contributed by atoms with E-state index in [0.29, 0.717) is 26.2 Å². The lowest BCUT2D eigenvalue weighted by atomic mass is 10.1. The highest BCUT2D eigenvalue weighted by Crippen LogP contribution is 2.20. The molecule has 120 valence electrons. The Labute approximate surface area is 130 Å². The summed E-state index contributed by atoms with van der Waals surface area (Å²) in [6.07, 6.45) is 2.07. The van der Waals surface area contributed by atoms with Gasteiger partial charge in [-0.3, -0.25) is 0 Å². The van der Waals surface area contributed by atoms with Crippen LogP contribution in [-0.4, -0.2) is 39.7 Å². The number of hydrogen-bond acceptors (Lipinski definition) is 4. The van der Waals surface area contributed by atoms with Crippen LogP contribution in [0.15, 0.2) is 12.2 Å². The first-order chi connectivity index (χ1) is 9.01. The van der Waals surface area contributed by atoms with Crippen molar-refractivity contribution in [2.75, 3.05) is 19.8 Å². The molecular formula is C13H28O5SSi.